The van der Waals surface area contributed by atoms with Crippen LogP contribution in [0.4, 0.5) is 0 Å². The second-order valence-corrected chi connectivity index (χ2v) is 4.68. The molecule has 2 rings (SSSR count). The van der Waals surface area contributed by atoms with E-state index in [-0.39, 0.29) is 11.7 Å². The summed E-state index contributed by atoms with van der Waals surface area (Å²) in [6.07, 6.45) is 3.05. The Balaban J connectivity index is 2.18. The maximum atomic E-state index is 10.7. The normalized spacial score (nSPS) is 17.2. The third-order valence-corrected chi connectivity index (χ3v) is 3.33. The van der Waals surface area contributed by atoms with Crippen molar-refractivity contribution in [2.75, 3.05) is 7.11 Å². The highest BCUT2D eigenvalue weighted by molar-refractivity contribution is 5.74. The summed E-state index contributed by atoms with van der Waals surface area (Å²) in [5.74, 6) is -0.244. The van der Waals surface area contributed by atoms with Crippen LogP contribution >= 0.6 is 0 Å². The van der Waals surface area contributed by atoms with Crippen molar-refractivity contribution in [2.45, 2.75) is 37.9 Å². The predicted molar refractivity (Wildman–Crippen MR) is 68.5 cm³/mol. The summed E-state index contributed by atoms with van der Waals surface area (Å²) in [6, 6.07) is 4.70. The summed E-state index contributed by atoms with van der Waals surface area (Å²) in [7, 11) is 1.49. The molecule has 1 atom stereocenters. The Morgan fingerprint density at radius 1 is 1.32 bits per heavy atom. The first kappa shape index (κ1) is 13.7. The molecular formula is C14H18O5. The van der Waals surface area contributed by atoms with E-state index in [1.165, 1.54) is 26.0 Å². The van der Waals surface area contributed by atoms with Crippen molar-refractivity contribution in [3.8, 4) is 11.5 Å². The van der Waals surface area contributed by atoms with Gasteiger partial charge in [0.1, 0.15) is 0 Å². The molecule has 1 unspecified atom stereocenters. The number of aliphatic carboxylic acids is 1. The van der Waals surface area contributed by atoms with Crippen LogP contribution in [0.3, 0.4) is 0 Å². The molecule has 1 saturated carbocycles. The Hall–Kier alpha value is -1.75. The molecule has 0 radical (unpaired) electrons. The van der Waals surface area contributed by atoms with Gasteiger partial charge in [-0.3, -0.25) is 0 Å². The van der Waals surface area contributed by atoms with E-state index in [2.05, 4.69) is 0 Å². The van der Waals surface area contributed by atoms with Gasteiger partial charge >= 0.3 is 5.97 Å². The lowest BCUT2D eigenvalue weighted by molar-refractivity contribution is -0.146. The zero-order valence-corrected chi connectivity index (χ0v) is 10.8. The minimum Gasteiger partial charge on any atom is -0.493 e. The summed E-state index contributed by atoms with van der Waals surface area (Å²) in [6.45, 7) is 0. The Bertz CT molecular complexity index is 451. The summed E-state index contributed by atoms with van der Waals surface area (Å²) < 4.78 is 11.0. The third kappa shape index (κ3) is 3.17. The number of hydrogen-bond donors (Lipinski definition) is 2. The van der Waals surface area contributed by atoms with Gasteiger partial charge in [0.15, 0.2) is 17.6 Å². The number of carboxylic acid groups (broad SMARTS) is 1. The molecule has 5 heteroatoms. The number of rotatable bonds is 5. The van der Waals surface area contributed by atoms with Gasteiger partial charge in [-0.1, -0.05) is 6.07 Å². The van der Waals surface area contributed by atoms with Crippen LogP contribution < -0.4 is 9.47 Å². The van der Waals surface area contributed by atoms with E-state index < -0.39 is 12.1 Å². The average molecular weight is 266 g/mol. The molecule has 1 aliphatic rings. The monoisotopic (exact) mass is 266 g/mol. The van der Waals surface area contributed by atoms with Crippen LogP contribution in [0.15, 0.2) is 18.2 Å². The maximum absolute atomic E-state index is 10.7. The standard InChI is InChI=1S/C14H18O5/c1-18-12-8-9(13(15)14(16)17)6-7-11(12)19-10-4-2-3-5-10/h6-8,10,13,15H,2-5H2,1H3,(H,16,17). The molecule has 0 aromatic heterocycles. The highest BCUT2D eigenvalue weighted by Gasteiger charge is 2.21. The second kappa shape index (κ2) is 5.93. The van der Waals surface area contributed by atoms with Crippen LogP contribution in [0.25, 0.3) is 0 Å². The molecule has 104 valence electrons. The van der Waals surface area contributed by atoms with Gasteiger partial charge in [0, 0.05) is 0 Å². The molecule has 0 spiro atoms. The van der Waals surface area contributed by atoms with Crippen molar-refractivity contribution in [1.82, 2.24) is 0 Å². The highest BCUT2D eigenvalue weighted by atomic mass is 16.5. The van der Waals surface area contributed by atoms with Crippen molar-refractivity contribution in [2.24, 2.45) is 0 Å². The first-order valence-electron chi connectivity index (χ1n) is 6.37. The van der Waals surface area contributed by atoms with Gasteiger partial charge < -0.3 is 19.7 Å². The van der Waals surface area contributed by atoms with E-state index in [0.29, 0.717) is 11.5 Å². The molecule has 5 nitrogen and oxygen atoms in total. The SMILES string of the molecule is COc1cc(C(O)C(=O)O)ccc1OC1CCCC1. The smallest absolute Gasteiger partial charge is 0.337 e. The predicted octanol–water partition coefficient (Wildman–Crippen LogP) is 2.13. The minimum atomic E-state index is -1.55. The number of carbonyl (C=O) groups is 1. The zero-order chi connectivity index (χ0) is 13.8. The van der Waals surface area contributed by atoms with Crippen molar-refractivity contribution in [3.63, 3.8) is 0 Å². The quantitative estimate of drug-likeness (QED) is 0.853. The van der Waals surface area contributed by atoms with Gasteiger partial charge in [-0.2, -0.15) is 0 Å². The summed E-state index contributed by atoms with van der Waals surface area (Å²) >= 11 is 0. The topological polar surface area (TPSA) is 76.0 Å². The van der Waals surface area contributed by atoms with Gasteiger partial charge in [-0.15, -0.1) is 0 Å². The largest absolute Gasteiger partial charge is 0.493 e. The van der Waals surface area contributed by atoms with Crippen LogP contribution in [0.5, 0.6) is 11.5 Å². The third-order valence-electron chi connectivity index (χ3n) is 3.33. The highest BCUT2D eigenvalue weighted by Crippen LogP contribution is 2.33. The molecular weight excluding hydrogens is 248 g/mol. The molecule has 1 fully saturated rings. The van der Waals surface area contributed by atoms with Crippen LogP contribution in [-0.2, 0) is 4.79 Å². The molecule has 0 saturated heterocycles. The van der Waals surface area contributed by atoms with E-state index >= 15 is 0 Å². The molecule has 19 heavy (non-hydrogen) atoms. The van der Waals surface area contributed by atoms with Gasteiger partial charge in [0.25, 0.3) is 0 Å². The number of ether oxygens (including phenoxy) is 2. The minimum absolute atomic E-state index is 0.198. The zero-order valence-electron chi connectivity index (χ0n) is 10.8. The maximum Gasteiger partial charge on any atom is 0.337 e. The number of hydrogen-bond acceptors (Lipinski definition) is 4. The van der Waals surface area contributed by atoms with Crippen LogP contribution in [0.1, 0.15) is 37.4 Å². The number of benzene rings is 1. The van der Waals surface area contributed by atoms with Gasteiger partial charge in [0.05, 0.1) is 13.2 Å². The molecule has 0 amide bonds. The number of aliphatic hydroxyl groups excluding tert-OH is 1. The van der Waals surface area contributed by atoms with Crippen LogP contribution in [0.2, 0.25) is 0 Å². The van der Waals surface area contributed by atoms with Crippen molar-refractivity contribution in [1.29, 1.82) is 0 Å². The molecule has 1 aliphatic carbocycles. The number of carboxylic acids is 1. The lowest BCUT2D eigenvalue weighted by Crippen LogP contribution is -2.13. The van der Waals surface area contributed by atoms with Crippen molar-refractivity contribution in [3.05, 3.63) is 23.8 Å². The van der Waals surface area contributed by atoms with Gasteiger partial charge in [-0.25, -0.2) is 4.79 Å². The molecule has 1 aromatic rings. The average Bonchev–Trinajstić information content (AvgIpc) is 2.91. The van der Waals surface area contributed by atoms with E-state index in [4.69, 9.17) is 14.6 Å². The van der Waals surface area contributed by atoms with Gasteiger partial charge in [0.2, 0.25) is 0 Å². The van der Waals surface area contributed by atoms with E-state index in [0.717, 1.165) is 12.8 Å². The Morgan fingerprint density at radius 2 is 2.00 bits per heavy atom. The molecule has 1 aromatic carbocycles. The van der Waals surface area contributed by atoms with E-state index in [1.807, 2.05) is 0 Å². The van der Waals surface area contributed by atoms with Crippen molar-refractivity contribution < 1.29 is 24.5 Å². The summed E-state index contributed by atoms with van der Waals surface area (Å²) in [5.41, 5.74) is 0.281. The number of methoxy groups -OCH3 is 1. The van der Waals surface area contributed by atoms with E-state index in [1.54, 1.807) is 12.1 Å². The number of aliphatic hydroxyl groups is 1. The molecule has 0 heterocycles. The van der Waals surface area contributed by atoms with Crippen molar-refractivity contribution >= 4 is 5.97 Å². The molecule has 2 N–H and O–H groups in total. The first-order chi connectivity index (χ1) is 9.11. The summed E-state index contributed by atoms with van der Waals surface area (Å²) in [4.78, 5) is 10.7. The molecule has 0 bridgehead atoms. The Morgan fingerprint density at radius 3 is 2.58 bits per heavy atom. The van der Waals surface area contributed by atoms with Crippen LogP contribution in [-0.4, -0.2) is 29.4 Å². The van der Waals surface area contributed by atoms with Gasteiger partial charge in [-0.05, 0) is 43.4 Å². The fourth-order valence-electron chi connectivity index (χ4n) is 2.28. The first-order valence-corrected chi connectivity index (χ1v) is 6.37. The second-order valence-electron chi connectivity index (χ2n) is 4.68. The fraction of sp³-hybridized carbons (Fsp3) is 0.500. The van der Waals surface area contributed by atoms with E-state index in [9.17, 15) is 9.90 Å². The van der Waals surface area contributed by atoms with Crippen LogP contribution in [0, 0.1) is 0 Å². The fourth-order valence-corrected chi connectivity index (χ4v) is 2.28. The molecule has 0 aliphatic heterocycles. The Kier molecular flexibility index (Phi) is 4.27. The summed E-state index contributed by atoms with van der Waals surface area (Å²) in [5, 5.41) is 18.3. The Labute approximate surface area is 111 Å². The lowest BCUT2D eigenvalue weighted by atomic mass is 10.1. The lowest BCUT2D eigenvalue weighted by Gasteiger charge is -2.17.